The minimum atomic E-state index is 0.903. The number of para-hydroxylation sites is 2. The van der Waals surface area contributed by atoms with Crippen LogP contribution in [0.4, 0.5) is 17.1 Å². The van der Waals surface area contributed by atoms with Crippen LogP contribution in [0.25, 0.3) is 99.1 Å². The zero-order valence-electron chi connectivity index (χ0n) is 35.0. The Morgan fingerprint density at radius 3 is 1.42 bits per heavy atom. The lowest BCUT2D eigenvalue weighted by Gasteiger charge is -2.26. The summed E-state index contributed by atoms with van der Waals surface area (Å²) in [7, 11) is 0. The fourth-order valence-corrected chi connectivity index (χ4v) is 9.58. The quantitative estimate of drug-likeness (QED) is 0.152. The molecule has 0 N–H and O–H groups in total. The predicted octanol–water partition coefficient (Wildman–Crippen LogP) is 17.7. The van der Waals surface area contributed by atoms with Crippen molar-refractivity contribution in [2.45, 2.75) is 0 Å². The fraction of sp³-hybridized carbons (Fsp3) is 0. The molecule has 64 heavy (non-hydrogen) atoms. The molecule has 0 saturated heterocycles. The maximum atomic E-state index is 6.45. The Morgan fingerprint density at radius 1 is 0.250 bits per heavy atom. The van der Waals surface area contributed by atoms with E-state index in [9.17, 15) is 0 Å². The van der Waals surface area contributed by atoms with E-state index in [2.05, 4.69) is 241 Å². The van der Waals surface area contributed by atoms with Crippen LogP contribution in [0, 0.1) is 0 Å². The molecule has 1 aromatic heterocycles. The molecule has 0 unspecified atom stereocenters. The lowest BCUT2D eigenvalue weighted by atomic mass is 9.91. The van der Waals surface area contributed by atoms with E-state index in [4.69, 9.17) is 4.42 Å². The maximum absolute atomic E-state index is 6.45. The second kappa shape index (κ2) is 15.8. The van der Waals surface area contributed by atoms with Crippen molar-refractivity contribution in [3.63, 3.8) is 0 Å². The average molecular weight is 816 g/mol. The molecule has 11 aromatic carbocycles. The molecular weight excluding hydrogens is 775 g/mol. The van der Waals surface area contributed by atoms with Crippen molar-refractivity contribution < 1.29 is 4.42 Å². The van der Waals surface area contributed by atoms with Gasteiger partial charge in [-0.3, -0.25) is 0 Å². The molecule has 0 saturated carbocycles. The molecule has 0 bridgehead atoms. The van der Waals surface area contributed by atoms with E-state index >= 15 is 0 Å². The number of fused-ring (bicyclic) bond motifs is 5. The third-order valence-electron chi connectivity index (χ3n) is 12.7. The summed E-state index contributed by atoms with van der Waals surface area (Å²) in [5, 5.41) is 7.26. The van der Waals surface area contributed by atoms with Gasteiger partial charge in [-0.1, -0.05) is 206 Å². The third-order valence-corrected chi connectivity index (χ3v) is 12.7. The Hall–Kier alpha value is -8.46. The van der Waals surface area contributed by atoms with Crippen LogP contribution in [0.5, 0.6) is 0 Å². The highest BCUT2D eigenvalue weighted by Gasteiger charge is 2.17. The molecule has 300 valence electrons. The summed E-state index contributed by atoms with van der Waals surface area (Å²) < 4.78 is 6.45. The van der Waals surface area contributed by atoms with Crippen molar-refractivity contribution in [1.29, 1.82) is 0 Å². The lowest BCUT2D eigenvalue weighted by Crippen LogP contribution is -2.10. The number of furan rings is 1. The normalized spacial score (nSPS) is 11.4. The molecule has 12 aromatic rings. The summed E-state index contributed by atoms with van der Waals surface area (Å²) in [4.78, 5) is 2.36. The molecule has 0 radical (unpaired) electrons. The van der Waals surface area contributed by atoms with Crippen molar-refractivity contribution in [3.05, 3.63) is 249 Å². The van der Waals surface area contributed by atoms with E-state index in [0.29, 0.717) is 0 Å². The van der Waals surface area contributed by atoms with Gasteiger partial charge in [0.2, 0.25) is 0 Å². The first-order chi connectivity index (χ1) is 31.7. The van der Waals surface area contributed by atoms with E-state index < -0.39 is 0 Å². The predicted molar refractivity (Wildman–Crippen MR) is 271 cm³/mol. The molecule has 0 fully saturated rings. The summed E-state index contributed by atoms with van der Waals surface area (Å²) in [5.74, 6) is 0. The number of hydrogen-bond donors (Lipinski definition) is 0. The molecular formula is C62H41NO. The minimum absolute atomic E-state index is 0.903. The number of anilines is 3. The van der Waals surface area contributed by atoms with Crippen LogP contribution < -0.4 is 4.90 Å². The van der Waals surface area contributed by atoms with Gasteiger partial charge in [-0.15, -0.1) is 0 Å². The van der Waals surface area contributed by atoms with Gasteiger partial charge in [0.05, 0.1) is 0 Å². The lowest BCUT2D eigenvalue weighted by molar-refractivity contribution is 0.670. The van der Waals surface area contributed by atoms with Crippen molar-refractivity contribution in [2.75, 3.05) is 4.90 Å². The van der Waals surface area contributed by atoms with E-state index in [1.54, 1.807) is 0 Å². The molecule has 2 nitrogen and oxygen atoms in total. The van der Waals surface area contributed by atoms with Crippen LogP contribution in [-0.4, -0.2) is 0 Å². The Morgan fingerprint density at radius 2 is 0.703 bits per heavy atom. The highest BCUT2D eigenvalue weighted by Crippen LogP contribution is 2.42. The van der Waals surface area contributed by atoms with Gasteiger partial charge in [0, 0.05) is 33.4 Å². The largest absolute Gasteiger partial charge is 0.455 e. The number of rotatable bonds is 8. The standard InChI is InChI=1S/C62H41NO/c1-3-19-52-43(13-1)15-10-24-53(52)46-33-37-49(38-34-46)63(50-39-35-47(36-40-50)56-25-12-27-60-59-23-7-8-28-61(59)64-62(56)60)51-18-9-17-48(41-51)42-29-31-45(32-30-42)55-21-5-6-22-57(55)58-26-11-16-44-14-2-4-20-54(44)58/h1-41H. The SMILES string of the molecule is c1cc(-c2ccc(-c3ccccc3-c3cccc4ccccc34)cc2)cc(N(c2ccc(-c3cccc4ccccc34)cc2)c2ccc(-c3cccc4c3oc3ccccc34)cc2)c1. The van der Waals surface area contributed by atoms with Gasteiger partial charge < -0.3 is 9.32 Å². The molecule has 0 aliphatic carbocycles. The Kier molecular flexibility index (Phi) is 9.20. The highest BCUT2D eigenvalue weighted by molar-refractivity contribution is 6.09. The first-order valence-corrected chi connectivity index (χ1v) is 21.9. The smallest absolute Gasteiger partial charge is 0.143 e. The van der Waals surface area contributed by atoms with Crippen molar-refractivity contribution >= 4 is 60.5 Å². The van der Waals surface area contributed by atoms with E-state index in [1.165, 1.54) is 54.9 Å². The molecule has 0 amide bonds. The first-order valence-electron chi connectivity index (χ1n) is 21.9. The summed E-state index contributed by atoms with van der Waals surface area (Å²) >= 11 is 0. The zero-order chi connectivity index (χ0) is 42.4. The second-order valence-corrected chi connectivity index (χ2v) is 16.4. The number of benzene rings is 11. The van der Waals surface area contributed by atoms with Gasteiger partial charge in [0.15, 0.2) is 0 Å². The Bertz CT molecular complexity index is 3640. The van der Waals surface area contributed by atoms with Gasteiger partial charge in [-0.25, -0.2) is 0 Å². The molecule has 2 heteroatoms. The molecule has 0 aliphatic rings. The molecule has 0 atom stereocenters. The van der Waals surface area contributed by atoms with Crippen LogP contribution in [0.15, 0.2) is 253 Å². The topological polar surface area (TPSA) is 16.4 Å². The Balaban J connectivity index is 0.923. The van der Waals surface area contributed by atoms with Crippen LogP contribution in [-0.2, 0) is 0 Å². The molecule has 0 aliphatic heterocycles. The number of hydrogen-bond acceptors (Lipinski definition) is 2. The summed E-state index contributed by atoms with van der Waals surface area (Å²) in [6, 6.07) is 89.6. The van der Waals surface area contributed by atoms with Crippen molar-refractivity contribution in [2.24, 2.45) is 0 Å². The summed E-state index contributed by atoms with van der Waals surface area (Å²) in [6.07, 6.45) is 0. The van der Waals surface area contributed by atoms with Crippen LogP contribution in [0.2, 0.25) is 0 Å². The first kappa shape index (κ1) is 37.3. The second-order valence-electron chi connectivity index (χ2n) is 16.4. The molecule has 0 spiro atoms. The summed E-state index contributed by atoms with van der Waals surface area (Å²) in [5.41, 5.74) is 16.8. The van der Waals surface area contributed by atoms with Crippen molar-refractivity contribution in [1.82, 2.24) is 0 Å². The monoisotopic (exact) mass is 815 g/mol. The van der Waals surface area contributed by atoms with Crippen LogP contribution in [0.1, 0.15) is 0 Å². The fourth-order valence-electron chi connectivity index (χ4n) is 9.58. The van der Waals surface area contributed by atoms with E-state index in [0.717, 1.165) is 61.3 Å². The maximum Gasteiger partial charge on any atom is 0.143 e. The summed E-state index contributed by atoms with van der Waals surface area (Å²) in [6.45, 7) is 0. The third kappa shape index (κ3) is 6.61. The van der Waals surface area contributed by atoms with Gasteiger partial charge in [-0.05, 0) is 114 Å². The van der Waals surface area contributed by atoms with Gasteiger partial charge in [-0.2, -0.15) is 0 Å². The minimum Gasteiger partial charge on any atom is -0.455 e. The molecule has 1 heterocycles. The molecule has 12 rings (SSSR count). The van der Waals surface area contributed by atoms with Gasteiger partial charge in [0.1, 0.15) is 11.2 Å². The Labute approximate surface area is 372 Å². The average Bonchev–Trinajstić information content (AvgIpc) is 3.76. The van der Waals surface area contributed by atoms with Crippen LogP contribution in [0.3, 0.4) is 0 Å². The van der Waals surface area contributed by atoms with E-state index in [-0.39, 0.29) is 0 Å². The van der Waals surface area contributed by atoms with Crippen LogP contribution >= 0.6 is 0 Å². The van der Waals surface area contributed by atoms with E-state index in [1.807, 2.05) is 12.1 Å². The van der Waals surface area contributed by atoms with Gasteiger partial charge in [0.25, 0.3) is 0 Å². The van der Waals surface area contributed by atoms with Crippen molar-refractivity contribution in [3.8, 4) is 55.6 Å². The van der Waals surface area contributed by atoms with Gasteiger partial charge >= 0.3 is 0 Å². The zero-order valence-corrected chi connectivity index (χ0v) is 35.0. The highest BCUT2D eigenvalue weighted by atomic mass is 16.3. The number of nitrogens with zero attached hydrogens (tertiary/aromatic N) is 1.